The van der Waals surface area contributed by atoms with Crippen molar-refractivity contribution in [1.82, 2.24) is 15.6 Å². The first-order valence-electron chi connectivity index (χ1n) is 7.83. The molecule has 2 rings (SSSR count). The van der Waals surface area contributed by atoms with E-state index in [1.807, 2.05) is 0 Å². The molecule has 130 valence electrons. The van der Waals surface area contributed by atoms with Gasteiger partial charge in [-0.05, 0) is 40.8 Å². The zero-order valence-electron chi connectivity index (χ0n) is 13.4. The molecule has 0 spiro atoms. The molecule has 1 aliphatic carbocycles. The summed E-state index contributed by atoms with van der Waals surface area (Å²) >= 11 is 3.19. The van der Waals surface area contributed by atoms with Gasteiger partial charge >= 0.3 is 12.0 Å². The second-order valence-corrected chi connectivity index (χ2v) is 6.77. The molecule has 8 heteroatoms. The van der Waals surface area contributed by atoms with Crippen LogP contribution in [0.15, 0.2) is 22.9 Å². The van der Waals surface area contributed by atoms with Gasteiger partial charge in [0, 0.05) is 22.9 Å². The monoisotopic (exact) mass is 397 g/mol. The van der Waals surface area contributed by atoms with Crippen LogP contribution in [-0.4, -0.2) is 35.5 Å². The number of urea groups is 1. The molecule has 7 nitrogen and oxygen atoms in total. The lowest BCUT2D eigenvalue weighted by atomic mass is 9.86. The Kier molecular flexibility index (Phi) is 6.72. The Morgan fingerprint density at radius 1 is 1.29 bits per heavy atom. The highest BCUT2D eigenvalue weighted by molar-refractivity contribution is 9.10. The molecule has 1 aromatic heterocycles. The predicted octanol–water partition coefficient (Wildman–Crippen LogP) is 2.41. The number of halogens is 1. The van der Waals surface area contributed by atoms with E-state index in [0.29, 0.717) is 10.4 Å². The number of nitrogens with one attached hydrogen (secondary N) is 2. The van der Waals surface area contributed by atoms with Gasteiger partial charge in [0.1, 0.15) is 0 Å². The Morgan fingerprint density at radius 3 is 2.75 bits per heavy atom. The molecule has 1 aliphatic rings. The third-order valence-electron chi connectivity index (χ3n) is 3.96. The van der Waals surface area contributed by atoms with Crippen LogP contribution in [0, 0.1) is 5.92 Å². The van der Waals surface area contributed by atoms with Crippen molar-refractivity contribution in [3.05, 3.63) is 28.5 Å². The van der Waals surface area contributed by atoms with E-state index in [9.17, 15) is 14.4 Å². The van der Waals surface area contributed by atoms with Gasteiger partial charge in [0.2, 0.25) is 0 Å². The fourth-order valence-corrected chi connectivity index (χ4v) is 3.00. The minimum atomic E-state index is -0.680. The van der Waals surface area contributed by atoms with Crippen molar-refractivity contribution in [2.24, 2.45) is 5.92 Å². The van der Waals surface area contributed by atoms with Gasteiger partial charge in [-0.25, -0.2) is 9.59 Å². The van der Waals surface area contributed by atoms with Crippen molar-refractivity contribution in [2.45, 2.75) is 38.6 Å². The van der Waals surface area contributed by atoms with Crippen molar-refractivity contribution in [2.75, 3.05) is 6.61 Å². The van der Waals surface area contributed by atoms with E-state index in [4.69, 9.17) is 4.74 Å². The molecule has 3 amide bonds. The zero-order chi connectivity index (χ0) is 17.5. The van der Waals surface area contributed by atoms with E-state index < -0.39 is 24.5 Å². The van der Waals surface area contributed by atoms with Gasteiger partial charge < -0.3 is 10.1 Å². The minimum Gasteiger partial charge on any atom is -0.452 e. The Hall–Kier alpha value is -1.96. The van der Waals surface area contributed by atoms with Crippen LogP contribution in [0.4, 0.5) is 4.79 Å². The number of pyridine rings is 1. The topological polar surface area (TPSA) is 97.4 Å². The van der Waals surface area contributed by atoms with Crippen molar-refractivity contribution < 1.29 is 19.1 Å². The van der Waals surface area contributed by atoms with Crippen LogP contribution in [0.1, 0.15) is 43.0 Å². The summed E-state index contributed by atoms with van der Waals surface area (Å²) in [5.41, 5.74) is 0.220. The first kappa shape index (κ1) is 18.4. The van der Waals surface area contributed by atoms with E-state index in [1.54, 1.807) is 0 Å². The largest absolute Gasteiger partial charge is 0.452 e. The maximum atomic E-state index is 11.8. The van der Waals surface area contributed by atoms with E-state index >= 15 is 0 Å². The number of aromatic nitrogens is 1. The van der Waals surface area contributed by atoms with Gasteiger partial charge in [-0.3, -0.25) is 15.1 Å². The lowest BCUT2D eigenvalue weighted by Gasteiger charge is -2.29. The number of imide groups is 1. The van der Waals surface area contributed by atoms with Gasteiger partial charge in [-0.2, -0.15) is 0 Å². The summed E-state index contributed by atoms with van der Waals surface area (Å²) < 4.78 is 5.49. The number of carbonyl (C=O) groups excluding carboxylic acids is 3. The third kappa shape index (κ3) is 5.59. The molecule has 24 heavy (non-hydrogen) atoms. The Labute approximate surface area is 148 Å². The summed E-state index contributed by atoms with van der Waals surface area (Å²) in [5, 5.41) is 4.97. The number of hydrogen-bond acceptors (Lipinski definition) is 5. The molecule has 1 aromatic rings. The van der Waals surface area contributed by atoms with Crippen molar-refractivity contribution in [3.8, 4) is 0 Å². The van der Waals surface area contributed by atoms with Crippen molar-refractivity contribution >= 4 is 33.8 Å². The molecule has 0 saturated heterocycles. The summed E-state index contributed by atoms with van der Waals surface area (Å²) in [6.07, 6.45) is 7.08. The molecule has 2 atom stereocenters. The molecular weight excluding hydrogens is 378 g/mol. The Morgan fingerprint density at radius 2 is 2.04 bits per heavy atom. The lowest BCUT2D eigenvalue weighted by Crippen LogP contribution is -2.48. The summed E-state index contributed by atoms with van der Waals surface area (Å²) in [6.45, 7) is 1.55. The minimum absolute atomic E-state index is 0.0712. The van der Waals surface area contributed by atoms with E-state index in [-0.39, 0.29) is 11.6 Å². The van der Waals surface area contributed by atoms with E-state index in [1.165, 1.54) is 24.9 Å². The molecule has 0 aromatic carbocycles. The van der Waals surface area contributed by atoms with Gasteiger partial charge in [-0.1, -0.05) is 19.8 Å². The third-order valence-corrected chi connectivity index (χ3v) is 4.39. The number of nitrogens with zero attached hydrogens (tertiary/aromatic N) is 1. The van der Waals surface area contributed by atoms with E-state index in [0.717, 1.165) is 19.3 Å². The molecule has 2 N–H and O–H groups in total. The van der Waals surface area contributed by atoms with Gasteiger partial charge in [-0.15, -0.1) is 0 Å². The standard InChI is InChI=1S/C16H20BrN3O4/c1-10-4-2-3-5-13(10)19-16(23)20-14(21)9-24-15(22)11-6-12(17)8-18-7-11/h6-8,10,13H,2-5,9H2,1H3,(H2,19,20,21,23). The highest BCUT2D eigenvalue weighted by atomic mass is 79.9. The number of rotatable bonds is 4. The summed E-state index contributed by atoms with van der Waals surface area (Å²) in [4.78, 5) is 39.2. The fourth-order valence-electron chi connectivity index (χ4n) is 2.64. The molecule has 0 aliphatic heterocycles. The van der Waals surface area contributed by atoms with Gasteiger partial charge in [0.15, 0.2) is 6.61 Å². The van der Waals surface area contributed by atoms with Gasteiger partial charge in [0.25, 0.3) is 5.91 Å². The average molecular weight is 398 g/mol. The normalized spacial score (nSPS) is 20.1. The maximum Gasteiger partial charge on any atom is 0.340 e. The predicted molar refractivity (Wildman–Crippen MR) is 90.3 cm³/mol. The van der Waals surface area contributed by atoms with Crippen LogP contribution in [0.25, 0.3) is 0 Å². The van der Waals surface area contributed by atoms with Crippen LogP contribution in [0.2, 0.25) is 0 Å². The molecule has 1 heterocycles. The molecule has 0 bridgehead atoms. The number of amides is 3. The van der Waals surface area contributed by atoms with Crippen LogP contribution < -0.4 is 10.6 Å². The number of carbonyl (C=O) groups is 3. The highest BCUT2D eigenvalue weighted by Gasteiger charge is 2.23. The number of esters is 1. The molecule has 2 unspecified atom stereocenters. The zero-order valence-corrected chi connectivity index (χ0v) is 15.0. The highest BCUT2D eigenvalue weighted by Crippen LogP contribution is 2.23. The van der Waals surface area contributed by atoms with Crippen molar-refractivity contribution in [3.63, 3.8) is 0 Å². The lowest BCUT2D eigenvalue weighted by molar-refractivity contribution is -0.123. The first-order chi connectivity index (χ1) is 11.5. The quantitative estimate of drug-likeness (QED) is 0.760. The molecule has 1 fully saturated rings. The molecular formula is C16H20BrN3O4. The maximum absolute atomic E-state index is 11.8. The first-order valence-corrected chi connectivity index (χ1v) is 8.63. The van der Waals surface area contributed by atoms with Crippen LogP contribution in [-0.2, 0) is 9.53 Å². The van der Waals surface area contributed by atoms with Crippen LogP contribution >= 0.6 is 15.9 Å². The summed E-state index contributed by atoms with van der Waals surface area (Å²) in [7, 11) is 0. The van der Waals surface area contributed by atoms with Crippen molar-refractivity contribution in [1.29, 1.82) is 0 Å². The molecule has 0 radical (unpaired) electrons. The molecule has 1 saturated carbocycles. The van der Waals surface area contributed by atoms with Crippen LogP contribution in [0.5, 0.6) is 0 Å². The Balaban J connectivity index is 1.74. The number of ether oxygens (including phenoxy) is 1. The van der Waals surface area contributed by atoms with Gasteiger partial charge in [0.05, 0.1) is 5.56 Å². The second kappa shape index (κ2) is 8.77. The number of hydrogen-bond donors (Lipinski definition) is 2. The Bertz CT molecular complexity index is 623. The average Bonchev–Trinajstić information content (AvgIpc) is 2.54. The smallest absolute Gasteiger partial charge is 0.340 e. The SMILES string of the molecule is CC1CCCCC1NC(=O)NC(=O)COC(=O)c1cncc(Br)c1. The second-order valence-electron chi connectivity index (χ2n) is 5.86. The summed E-state index contributed by atoms with van der Waals surface area (Å²) in [6, 6.07) is 1.05. The van der Waals surface area contributed by atoms with E-state index in [2.05, 4.69) is 38.5 Å². The summed E-state index contributed by atoms with van der Waals surface area (Å²) in [5.74, 6) is -0.964. The van der Waals surface area contributed by atoms with Crippen LogP contribution in [0.3, 0.4) is 0 Å². The fraction of sp³-hybridized carbons (Fsp3) is 0.500.